The maximum atomic E-state index is 13.9. The van der Waals surface area contributed by atoms with E-state index in [0.717, 1.165) is 6.08 Å². The van der Waals surface area contributed by atoms with E-state index in [1.807, 2.05) is 18.9 Å². The summed E-state index contributed by atoms with van der Waals surface area (Å²) in [5.41, 5.74) is 1.02. The molecule has 0 radical (unpaired) electrons. The van der Waals surface area contributed by atoms with Crippen LogP contribution in [0.2, 0.25) is 0 Å². The maximum absolute atomic E-state index is 13.9. The second-order valence-electron chi connectivity index (χ2n) is 4.65. The SMILES string of the molecule is CC(CC#N)N(C)Cc1ccc(C=CC(=O)O)cc1F. The van der Waals surface area contributed by atoms with E-state index in [1.165, 1.54) is 12.1 Å². The lowest BCUT2D eigenvalue weighted by molar-refractivity contribution is -0.131. The van der Waals surface area contributed by atoms with Gasteiger partial charge in [-0.25, -0.2) is 9.18 Å². The van der Waals surface area contributed by atoms with Crippen LogP contribution in [0.5, 0.6) is 0 Å². The molecule has 1 aromatic carbocycles. The number of carboxylic acid groups (broad SMARTS) is 1. The number of carboxylic acids is 1. The maximum Gasteiger partial charge on any atom is 0.328 e. The van der Waals surface area contributed by atoms with Crippen molar-refractivity contribution in [2.75, 3.05) is 7.05 Å². The fraction of sp³-hybridized carbons (Fsp3) is 0.333. The van der Waals surface area contributed by atoms with E-state index in [1.54, 1.807) is 12.1 Å². The van der Waals surface area contributed by atoms with Crippen LogP contribution in [0.15, 0.2) is 24.3 Å². The zero-order valence-corrected chi connectivity index (χ0v) is 11.5. The first-order valence-electron chi connectivity index (χ1n) is 6.20. The zero-order chi connectivity index (χ0) is 15.1. The molecular formula is C15H17FN2O2. The Morgan fingerprint density at radius 1 is 1.60 bits per heavy atom. The molecule has 0 heterocycles. The number of halogens is 1. The van der Waals surface area contributed by atoms with Crippen molar-refractivity contribution in [3.63, 3.8) is 0 Å². The van der Waals surface area contributed by atoms with Crippen LogP contribution in [-0.2, 0) is 11.3 Å². The lowest BCUT2D eigenvalue weighted by atomic mass is 10.1. The van der Waals surface area contributed by atoms with E-state index in [9.17, 15) is 9.18 Å². The number of nitrogens with zero attached hydrogens (tertiary/aromatic N) is 2. The molecule has 106 valence electrons. The van der Waals surface area contributed by atoms with E-state index in [4.69, 9.17) is 10.4 Å². The third-order valence-electron chi connectivity index (χ3n) is 3.05. The largest absolute Gasteiger partial charge is 0.478 e. The summed E-state index contributed by atoms with van der Waals surface area (Å²) in [6.45, 7) is 2.31. The van der Waals surface area contributed by atoms with Crippen LogP contribution in [0.3, 0.4) is 0 Å². The lowest BCUT2D eigenvalue weighted by Gasteiger charge is -2.22. The molecule has 0 saturated carbocycles. The first-order chi connectivity index (χ1) is 9.43. The van der Waals surface area contributed by atoms with E-state index in [2.05, 4.69) is 6.07 Å². The van der Waals surface area contributed by atoms with Gasteiger partial charge in [-0.3, -0.25) is 4.90 Å². The molecule has 0 amide bonds. The molecule has 1 rings (SSSR count). The van der Waals surface area contributed by atoms with Gasteiger partial charge >= 0.3 is 5.97 Å². The molecule has 0 saturated heterocycles. The van der Waals surface area contributed by atoms with Gasteiger partial charge in [-0.2, -0.15) is 5.26 Å². The number of benzene rings is 1. The van der Waals surface area contributed by atoms with Crippen LogP contribution < -0.4 is 0 Å². The highest BCUT2D eigenvalue weighted by molar-refractivity contribution is 5.85. The Labute approximate surface area is 117 Å². The average molecular weight is 276 g/mol. The number of aliphatic carboxylic acids is 1. The molecule has 0 aromatic heterocycles. The van der Waals surface area contributed by atoms with Crippen molar-refractivity contribution in [2.45, 2.75) is 25.9 Å². The lowest BCUT2D eigenvalue weighted by Crippen LogP contribution is -2.28. The molecule has 0 spiro atoms. The number of hydrogen-bond donors (Lipinski definition) is 1. The highest BCUT2D eigenvalue weighted by atomic mass is 19.1. The van der Waals surface area contributed by atoms with Crippen LogP contribution in [-0.4, -0.2) is 29.1 Å². The molecular weight excluding hydrogens is 259 g/mol. The van der Waals surface area contributed by atoms with Crippen molar-refractivity contribution in [1.82, 2.24) is 4.90 Å². The quantitative estimate of drug-likeness (QED) is 0.811. The van der Waals surface area contributed by atoms with Gasteiger partial charge in [0.15, 0.2) is 0 Å². The number of rotatable bonds is 6. The summed E-state index contributed by atoms with van der Waals surface area (Å²) in [4.78, 5) is 12.3. The normalized spacial score (nSPS) is 12.6. The first kappa shape index (κ1) is 15.9. The van der Waals surface area contributed by atoms with Crippen LogP contribution in [0.4, 0.5) is 4.39 Å². The fourth-order valence-corrected chi connectivity index (χ4v) is 1.68. The first-order valence-corrected chi connectivity index (χ1v) is 6.20. The van der Waals surface area contributed by atoms with Gasteiger partial charge in [0.2, 0.25) is 0 Å². The minimum Gasteiger partial charge on any atom is -0.478 e. The van der Waals surface area contributed by atoms with E-state index < -0.39 is 5.97 Å². The van der Waals surface area contributed by atoms with Gasteiger partial charge in [-0.15, -0.1) is 0 Å². The van der Waals surface area contributed by atoms with E-state index in [-0.39, 0.29) is 11.9 Å². The topological polar surface area (TPSA) is 64.3 Å². The third-order valence-corrected chi connectivity index (χ3v) is 3.05. The highest BCUT2D eigenvalue weighted by Gasteiger charge is 2.11. The second kappa shape index (κ2) is 7.41. The Morgan fingerprint density at radius 2 is 2.30 bits per heavy atom. The highest BCUT2D eigenvalue weighted by Crippen LogP contribution is 2.15. The zero-order valence-electron chi connectivity index (χ0n) is 11.5. The second-order valence-corrected chi connectivity index (χ2v) is 4.65. The van der Waals surface area contributed by atoms with E-state index in [0.29, 0.717) is 24.1 Å². The molecule has 0 fully saturated rings. The van der Waals surface area contributed by atoms with Crippen molar-refractivity contribution in [1.29, 1.82) is 5.26 Å². The van der Waals surface area contributed by atoms with Crippen LogP contribution in [0.1, 0.15) is 24.5 Å². The van der Waals surface area contributed by atoms with Crippen molar-refractivity contribution in [3.8, 4) is 6.07 Å². The summed E-state index contributed by atoms with van der Waals surface area (Å²) in [6, 6.07) is 6.73. The third kappa shape index (κ3) is 4.82. The van der Waals surface area contributed by atoms with Crippen molar-refractivity contribution in [3.05, 3.63) is 41.2 Å². The fourth-order valence-electron chi connectivity index (χ4n) is 1.68. The standard InChI is InChI=1S/C15H17FN2O2/c1-11(7-8-17)18(2)10-13-5-3-12(9-14(13)16)4-6-15(19)20/h3-6,9,11H,7,10H2,1-2H3,(H,19,20). The molecule has 5 heteroatoms. The van der Waals surface area contributed by atoms with Gasteiger partial charge in [0.1, 0.15) is 5.82 Å². The Bertz CT molecular complexity index is 549. The van der Waals surface area contributed by atoms with Crippen molar-refractivity contribution >= 4 is 12.0 Å². The van der Waals surface area contributed by atoms with Crippen LogP contribution >= 0.6 is 0 Å². The Balaban J connectivity index is 2.78. The summed E-state index contributed by atoms with van der Waals surface area (Å²) >= 11 is 0. The molecule has 1 aromatic rings. The summed E-state index contributed by atoms with van der Waals surface area (Å²) in [6.07, 6.45) is 2.70. The van der Waals surface area contributed by atoms with Gasteiger partial charge in [-0.05, 0) is 31.7 Å². The van der Waals surface area contributed by atoms with E-state index >= 15 is 0 Å². The Hall–Kier alpha value is -2.19. The minimum atomic E-state index is -1.07. The summed E-state index contributed by atoms with van der Waals surface area (Å²) in [5, 5.41) is 17.2. The molecule has 0 bridgehead atoms. The molecule has 4 nitrogen and oxygen atoms in total. The van der Waals surface area contributed by atoms with Gasteiger partial charge in [-0.1, -0.05) is 12.1 Å². The van der Waals surface area contributed by atoms with Crippen molar-refractivity contribution in [2.24, 2.45) is 0 Å². The molecule has 1 unspecified atom stereocenters. The van der Waals surface area contributed by atoms with Crippen LogP contribution in [0, 0.1) is 17.1 Å². The monoisotopic (exact) mass is 276 g/mol. The van der Waals surface area contributed by atoms with Gasteiger partial charge in [0, 0.05) is 24.2 Å². The molecule has 20 heavy (non-hydrogen) atoms. The summed E-state index contributed by atoms with van der Waals surface area (Å²) in [7, 11) is 1.83. The number of hydrogen-bond acceptors (Lipinski definition) is 3. The predicted octanol–water partition coefficient (Wildman–Crippen LogP) is 2.66. The summed E-state index contributed by atoms with van der Waals surface area (Å²) in [5.74, 6) is -1.45. The van der Waals surface area contributed by atoms with Gasteiger partial charge in [0.05, 0.1) is 12.5 Å². The van der Waals surface area contributed by atoms with Crippen molar-refractivity contribution < 1.29 is 14.3 Å². The molecule has 1 N–H and O–H groups in total. The number of carbonyl (C=O) groups is 1. The predicted molar refractivity (Wildman–Crippen MR) is 74.2 cm³/mol. The van der Waals surface area contributed by atoms with Crippen LogP contribution in [0.25, 0.3) is 6.08 Å². The van der Waals surface area contributed by atoms with Gasteiger partial charge in [0.25, 0.3) is 0 Å². The molecule has 0 aliphatic heterocycles. The average Bonchev–Trinajstić information content (AvgIpc) is 2.39. The summed E-state index contributed by atoms with van der Waals surface area (Å²) < 4.78 is 13.9. The molecule has 1 atom stereocenters. The smallest absolute Gasteiger partial charge is 0.328 e. The minimum absolute atomic E-state index is 0.0472. The number of nitriles is 1. The molecule has 0 aliphatic carbocycles. The Kier molecular flexibility index (Phi) is 5.88. The molecule has 0 aliphatic rings. The Morgan fingerprint density at radius 3 is 2.85 bits per heavy atom. The van der Waals surface area contributed by atoms with Gasteiger partial charge < -0.3 is 5.11 Å².